The van der Waals surface area contributed by atoms with Crippen LogP contribution in [0, 0.1) is 5.41 Å². The Hall–Kier alpha value is -0.800. The molecule has 29 heavy (non-hydrogen) atoms. The van der Waals surface area contributed by atoms with Crippen LogP contribution < -0.4 is 10.6 Å². The first kappa shape index (κ1) is 24.5. The van der Waals surface area contributed by atoms with Gasteiger partial charge in [-0.2, -0.15) is 0 Å². The maximum atomic E-state index is 5.57. The third-order valence-corrected chi connectivity index (χ3v) is 6.16. The van der Waals surface area contributed by atoms with Crippen molar-refractivity contribution in [3.05, 3.63) is 24.2 Å². The smallest absolute Gasteiger partial charge is 0.191 e. The number of aliphatic imine (C=N–C) groups is 1. The molecule has 6 nitrogen and oxygen atoms in total. The van der Waals surface area contributed by atoms with Gasteiger partial charge in [0.2, 0.25) is 0 Å². The van der Waals surface area contributed by atoms with Gasteiger partial charge in [-0.05, 0) is 69.7 Å². The Balaban J connectivity index is 0.00000300. The molecule has 2 N–H and O–H groups in total. The SMILES string of the molecule is CCOCCC1(CN=C(NCCc2ccco2)NCC2CCCN2CC)CC1.I. The van der Waals surface area contributed by atoms with Crippen LogP contribution in [0.4, 0.5) is 0 Å². The lowest BCUT2D eigenvalue weighted by atomic mass is 10.0. The van der Waals surface area contributed by atoms with Crippen LogP contribution in [-0.2, 0) is 11.2 Å². The van der Waals surface area contributed by atoms with Gasteiger partial charge in [0.1, 0.15) is 5.76 Å². The van der Waals surface area contributed by atoms with E-state index >= 15 is 0 Å². The summed E-state index contributed by atoms with van der Waals surface area (Å²) >= 11 is 0. The predicted octanol–water partition coefficient (Wildman–Crippen LogP) is 3.67. The molecule has 7 heteroatoms. The van der Waals surface area contributed by atoms with E-state index in [-0.39, 0.29) is 24.0 Å². The number of furan rings is 1. The lowest BCUT2D eigenvalue weighted by Crippen LogP contribution is -2.45. The highest BCUT2D eigenvalue weighted by molar-refractivity contribution is 14.0. The van der Waals surface area contributed by atoms with Gasteiger partial charge < -0.3 is 19.8 Å². The van der Waals surface area contributed by atoms with Crippen LogP contribution in [0.25, 0.3) is 0 Å². The van der Waals surface area contributed by atoms with E-state index in [1.165, 1.54) is 32.2 Å². The zero-order chi connectivity index (χ0) is 19.7. The van der Waals surface area contributed by atoms with Crippen LogP contribution in [0.2, 0.25) is 0 Å². The number of halogens is 1. The van der Waals surface area contributed by atoms with E-state index in [1.54, 1.807) is 6.26 Å². The van der Waals surface area contributed by atoms with Gasteiger partial charge in [-0.25, -0.2) is 0 Å². The van der Waals surface area contributed by atoms with E-state index in [0.717, 1.165) is 64.0 Å². The van der Waals surface area contributed by atoms with Gasteiger partial charge in [0, 0.05) is 45.3 Å². The normalized spacial score (nSPS) is 21.0. The lowest BCUT2D eigenvalue weighted by Gasteiger charge is -2.24. The minimum atomic E-state index is 0. The third-order valence-electron chi connectivity index (χ3n) is 6.16. The van der Waals surface area contributed by atoms with Crippen molar-refractivity contribution in [1.82, 2.24) is 15.5 Å². The maximum Gasteiger partial charge on any atom is 0.191 e. The molecule has 1 saturated carbocycles. The van der Waals surface area contributed by atoms with Gasteiger partial charge in [0.25, 0.3) is 0 Å². The summed E-state index contributed by atoms with van der Waals surface area (Å²) in [5.74, 6) is 1.95. The summed E-state index contributed by atoms with van der Waals surface area (Å²) in [6, 6.07) is 4.59. The van der Waals surface area contributed by atoms with Gasteiger partial charge in [-0.1, -0.05) is 6.92 Å². The maximum absolute atomic E-state index is 5.57. The molecule has 2 fully saturated rings. The second kappa shape index (κ2) is 12.8. The van der Waals surface area contributed by atoms with E-state index in [2.05, 4.69) is 29.4 Å². The molecule has 2 heterocycles. The molecule has 1 aromatic rings. The summed E-state index contributed by atoms with van der Waals surface area (Å²) in [5, 5.41) is 7.12. The molecule has 0 amide bonds. The van der Waals surface area contributed by atoms with Crippen LogP contribution in [0.15, 0.2) is 27.8 Å². The lowest BCUT2D eigenvalue weighted by molar-refractivity contribution is 0.129. The molecule has 2 aliphatic rings. The van der Waals surface area contributed by atoms with Crippen LogP contribution >= 0.6 is 24.0 Å². The summed E-state index contributed by atoms with van der Waals surface area (Å²) in [7, 11) is 0. The Morgan fingerprint density at radius 3 is 2.90 bits per heavy atom. The fourth-order valence-electron chi connectivity index (χ4n) is 4.03. The summed E-state index contributed by atoms with van der Waals surface area (Å²) in [5.41, 5.74) is 0.369. The largest absolute Gasteiger partial charge is 0.469 e. The van der Waals surface area contributed by atoms with Crippen molar-refractivity contribution in [3.8, 4) is 0 Å². The van der Waals surface area contributed by atoms with Crippen LogP contribution in [0.3, 0.4) is 0 Å². The van der Waals surface area contributed by atoms with Gasteiger partial charge in [0.05, 0.1) is 6.26 Å². The average Bonchev–Trinajstić information content (AvgIpc) is 3.10. The highest BCUT2D eigenvalue weighted by atomic mass is 127. The fourth-order valence-corrected chi connectivity index (χ4v) is 4.03. The first-order valence-electron chi connectivity index (χ1n) is 11.1. The monoisotopic (exact) mass is 518 g/mol. The Kier molecular flexibility index (Phi) is 10.8. The van der Waals surface area contributed by atoms with E-state index in [9.17, 15) is 0 Å². The fraction of sp³-hybridized carbons (Fsp3) is 0.773. The number of rotatable bonds is 12. The number of ether oxygens (including phenoxy) is 1. The standard InChI is InChI=1S/C22H38N4O2.HI/c1-3-26-14-5-7-19(26)17-24-21(23-13-9-20-8-6-15-28-20)25-18-22(10-11-22)12-16-27-4-2;/h6,8,15,19H,3-5,7,9-14,16-18H2,1-2H3,(H2,23,24,25);1H. The summed E-state index contributed by atoms with van der Waals surface area (Å²) in [4.78, 5) is 7.52. The topological polar surface area (TPSA) is 62.0 Å². The molecule has 1 aliphatic heterocycles. The predicted molar refractivity (Wildman–Crippen MR) is 129 cm³/mol. The number of nitrogens with one attached hydrogen (secondary N) is 2. The number of likely N-dealkylation sites (tertiary alicyclic amines) is 1. The number of likely N-dealkylation sites (N-methyl/N-ethyl adjacent to an activating group) is 1. The Labute approximate surface area is 193 Å². The molecule has 1 unspecified atom stereocenters. The zero-order valence-corrected chi connectivity index (χ0v) is 20.5. The van der Waals surface area contributed by atoms with Gasteiger partial charge in [-0.3, -0.25) is 9.89 Å². The third kappa shape index (κ3) is 8.09. The van der Waals surface area contributed by atoms with Crippen molar-refractivity contribution >= 4 is 29.9 Å². The summed E-state index contributed by atoms with van der Waals surface area (Å²) < 4.78 is 11.0. The molecule has 1 aromatic heterocycles. The van der Waals surface area contributed by atoms with Crippen molar-refractivity contribution in [2.24, 2.45) is 10.4 Å². The first-order chi connectivity index (χ1) is 13.7. The number of hydrogen-bond donors (Lipinski definition) is 2. The van der Waals surface area contributed by atoms with Crippen molar-refractivity contribution in [2.45, 2.75) is 58.4 Å². The second-order valence-electron chi connectivity index (χ2n) is 8.17. The minimum absolute atomic E-state index is 0. The molecule has 3 rings (SSSR count). The van der Waals surface area contributed by atoms with Crippen LogP contribution in [-0.4, -0.2) is 62.8 Å². The molecule has 0 radical (unpaired) electrons. The van der Waals surface area contributed by atoms with Gasteiger partial charge >= 0.3 is 0 Å². The van der Waals surface area contributed by atoms with Crippen molar-refractivity contribution in [2.75, 3.05) is 45.9 Å². The number of nitrogens with zero attached hydrogens (tertiary/aromatic N) is 2. The highest BCUT2D eigenvalue weighted by Gasteiger charge is 2.41. The number of guanidine groups is 1. The molecule has 0 aromatic carbocycles. The Morgan fingerprint density at radius 2 is 2.21 bits per heavy atom. The molecular weight excluding hydrogens is 479 g/mol. The second-order valence-corrected chi connectivity index (χ2v) is 8.17. The van der Waals surface area contributed by atoms with Crippen molar-refractivity contribution < 1.29 is 9.15 Å². The average molecular weight is 518 g/mol. The Morgan fingerprint density at radius 1 is 1.34 bits per heavy atom. The van der Waals surface area contributed by atoms with E-state index in [0.29, 0.717) is 11.5 Å². The number of hydrogen-bond acceptors (Lipinski definition) is 4. The molecule has 0 bridgehead atoms. The van der Waals surface area contributed by atoms with Crippen LogP contribution in [0.1, 0.15) is 51.7 Å². The molecule has 0 spiro atoms. The quantitative estimate of drug-likeness (QED) is 0.192. The highest BCUT2D eigenvalue weighted by Crippen LogP contribution is 2.49. The molecule has 1 atom stereocenters. The van der Waals surface area contributed by atoms with Crippen LogP contribution in [0.5, 0.6) is 0 Å². The van der Waals surface area contributed by atoms with Gasteiger partial charge in [-0.15, -0.1) is 24.0 Å². The molecule has 1 saturated heterocycles. The van der Waals surface area contributed by atoms with Crippen molar-refractivity contribution in [3.63, 3.8) is 0 Å². The van der Waals surface area contributed by atoms with Gasteiger partial charge in [0.15, 0.2) is 5.96 Å². The molecule has 166 valence electrons. The molecular formula is C22H39IN4O2. The van der Waals surface area contributed by atoms with Crippen molar-refractivity contribution in [1.29, 1.82) is 0 Å². The van der Waals surface area contributed by atoms with E-state index in [4.69, 9.17) is 14.1 Å². The molecule has 1 aliphatic carbocycles. The first-order valence-corrected chi connectivity index (χ1v) is 11.1. The van der Waals surface area contributed by atoms with E-state index in [1.807, 2.05) is 12.1 Å². The zero-order valence-electron chi connectivity index (χ0n) is 18.1. The minimum Gasteiger partial charge on any atom is -0.469 e. The summed E-state index contributed by atoms with van der Waals surface area (Å²) in [6.45, 7) is 11.0. The van der Waals surface area contributed by atoms with E-state index < -0.39 is 0 Å². The Bertz CT molecular complexity index is 590. The summed E-state index contributed by atoms with van der Waals surface area (Å²) in [6.07, 6.45) is 8.85.